The Labute approximate surface area is 175 Å². The third-order valence-corrected chi connectivity index (χ3v) is 4.94. The maximum Gasteiger partial charge on any atom is 0.326 e. The van der Waals surface area contributed by atoms with Crippen LogP contribution in [-0.2, 0) is 20.8 Å². The van der Waals surface area contributed by atoms with Gasteiger partial charge in [0.2, 0.25) is 11.8 Å². The Hall–Kier alpha value is -2.26. The largest absolute Gasteiger partial charge is 0.508 e. The van der Waals surface area contributed by atoms with Crippen LogP contribution in [-0.4, -0.2) is 58.1 Å². The number of carboxylic acids is 1. The highest BCUT2D eigenvalue weighted by atomic mass is 32.2. The number of benzene rings is 1. The third kappa shape index (κ3) is 9.19. The molecule has 0 bridgehead atoms. The molecular weight excluding hydrogens is 394 g/mol. The number of phenols is 1. The Kier molecular flexibility index (Phi) is 10.5. The summed E-state index contributed by atoms with van der Waals surface area (Å²) < 4.78 is 0. The molecule has 0 saturated carbocycles. The van der Waals surface area contributed by atoms with Gasteiger partial charge in [-0.1, -0.05) is 26.0 Å². The highest BCUT2D eigenvalue weighted by Crippen LogP contribution is 2.12. The number of carbonyl (C=O) groups excluding carboxylic acids is 2. The van der Waals surface area contributed by atoms with E-state index in [0.717, 1.165) is 0 Å². The van der Waals surface area contributed by atoms with Crippen LogP contribution in [0.25, 0.3) is 0 Å². The van der Waals surface area contributed by atoms with Crippen LogP contribution in [0.4, 0.5) is 0 Å². The highest BCUT2D eigenvalue weighted by Gasteiger charge is 2.28. The van der Waals surface area contributed by atoms with Crippen molar-refractivity contribution in [2.24, 2.45) is 11.7 Å². The number of aromatic hydroxyl groups is 1. The van der Waals surface area contributed by atoms with E-state index in [1.807, 2.05) is 20.1 Å². The normalized spacial score (nSPS) is 14.1. The molecule has 9 heteroatoms. The first kappa shape index (κ1) is 24.8. The lowest BCUT2D eigenvalue weighted by Crippen LogP contribution is -2.55. The summed E-state index contributed by atoms with van der Waals surface area (Å²) in [7, 11) is 0. The summed E-state index contributed by atoms with van der Waals surface area (Å²) in [4.78, 5) is 36.7. The van der Waals surface area contributed by atoms with E-state index in [1.165, 1.54) is 12.1 Å². The average molecular weight is 426 g/mol. The summed E-state index contributed by atoms with van der Waals surface area (Å²) in [6.45, 7) is 3.73. The monoisotopic (exact) mass is 425 g/mol. The van der Waals surface area contributed by atoms with Crippen LogP contribution in [0.1, 0.15) is 32.3 Å². The Bertz CT molecular complexity index is 681. The molecule has 1 aromatic carbocycles. The lowest BCUT2D eigenvalue weighted by Gasteiger charge is -2.23. The maximum absolute atomic E-state index is 12.8. The number of aliphatic carboxylic acids is 1. The molecule has 0 aliphatic heterocycles. The van der Waals surface area contributed by atoms with E-state index in [1.54, 1.807) is 23.9 Å². The first-order chi connectivity index (χ1) is 13.6. The zero-order valence-electron chi connectivity index (χ0n) is 17.1. The Morgan fingerprint density at radius 1 is 1.07 bits per heavy atom. The third-order valence-electron chi connectivity index (χ3n) is 4.30. The topological polar surface area (TPSA) is 142 Å². The maximum atomic E-state index is 12.8. The van der Waals surface area contributed by atoms with E-state index in [4.69, 9.17) is 5.73 Å². The van der Waals surface area contributed by atoms with Crippen LogP contribution in [0.3, 0.4) is 0 Å². The molecular formula is C20H31N3O5S. The number of hydrogen-bond acceptors (Lipinski definition) is 6. The quantitative estimate of drug-likeness (QED) is 0.338. The van der Waals surface area contributed by atoms with Crippen LogP contribution in [0.2, 0.25) is 0 Å². The number of amides is 2. The second-order valence-electron chi connectivity index (χ2n) is 7.35. The van der Waals surface area contributed by atoms with Crippen LogP contribution in [0, 0.1) is 5.92 Å². The van der Waals surface area contributed by atoms with Gasteiger partial charge < -0.3 is 26.6 Å². The molecule has 0 saturated heterocycles. The second-order valence-corrected chi connectivity index (χ2v) is 8.33. The summed E-state index contributed by atoms with van der Waals surface area (Å²) in [6, 6.07) is 3.44. The number of nitrogens with two attached hydrogens (primary N) is 1. The van der Waals surface area contributed by atoms with Gasteiger partial charge >= 0.3 is 5.97 Å². The van der Waals surface area contributed by atoms with E-state index in [0.29, 0.717) is 17.7 Å². The van der Waals surface area contributed by atoms with Gasteiger partial charge in [-0.25, -0.2) is 4.79 Å². The van der Waals surface area contributed by atoms with Crippen molar-refractivity contribution in [1.82, 2.24) is 10.6 Å². The van der Waals surface area contributed by atoms with Gasteiger partial charge in [0, 0.05) is 6.42 Å². The number of phenolic OH excluding ortho intramolecular Hbond substituents is 1. The standard InChI is InChI=1S/C20H31N3O5S/c1-12(2)10-17(20(27)28)23-19(26)16(11-13-4-6-14(24)7-5-13)22-18(25)15(21)8-9-29-3/h4-7,12,15-17,24H,8-11,21H2,1-3H3,(H,22,25)(H,23,26)(H,27,28)/t15-,16-,17-/m0/s1. The molecule has 0 aliphatic rings. The minimum atomic E-state index is -1.13. The summed E-state index contributed by atoms with van der Waals surface area (Å²) in [5, 5.41) is 24.0. The van der Waals surface area contributed by atoms with Crippen molar-refractivity contribution >= 4 is 29.5 Å². The molecule has 6 N–H and O–H groups in total. The number of hydrogen-bond donors (Lipinski definition) is 5. The molecule has 0 aromatic heterocycles. The van der Waals surface area contributed by atoms with Gasteiger partial charge in [0.25, 0.3) is 0 Å². The fraction of sp³-hybridized carbons (Fsp3) is 0.550. The van der Waals surface area contributed by atoms with Crippen molar-refractivity contribution < 1.29 is 24.6 Å². The van der Waals surface area contributed by atoms with Gasteiger partial charge in [-0.15, -0.1) is 0 Å². The van der Waals surface area contributed by atoms with Gasteiger partial charge in [-0.2, -0.15) is 11.8 Å². The van der Waals surface area contributed by atoms with E-state index in [-0.39, 0.29) is 24.5 Å². The predicted molar refractivity (Wildman–Crippen MR) is 114 cm³/mol. The van der Waals surface area contributed by atoms with E-state index < -0.39 is 35.9 Å². The van der Waals surface area contributed by atoms with Crippen LogP contribution < -0.4 is 16.4 Å². The molecule has 1 rings (SSSR count). The molecule has 8 nitrogen and oxygen atoms in total. The Morgan fingerprint density at radius 3 is 2.17 bits per heavy atom. The zero-order chi connectivity index (χ0) is 22.0. The lowest BCUT2D eigenvalue weighted by atomic mass is 10.0. The number of rotatable bonds is 12. The molecule has 0 spiro atoms. The molecule has 1 aromatic rings. The van der Waals surface area contributed by atoms with Gasteiger partial charge in [0.15, 0.2) is 0 Å². The van der Waals surface area contributed by atoms with Crippen LogP contribution in [0.15, 0.2) is 24.3 Å². The van der Waals surface area contributed by atoms with Crippen molar-refractivity contribution in [2.75, 3.05) is 12.0 Å². The van der Waals surface area contributed by atoms with Gasteiger partial charge in [0.05, 0.1) is 6.04 Å². The summed E-state index contributed by atoms with van der Waals surface area (Å²) in [5.74, 6) is -1.32. The number of carboxylic acid groups (broad SMARTS) is 1. The van der Waals surface area contributed by atoms with Crippen molar-refractivity contribution in [1.29, 1.82) is 0 Å². The van der Waals surface area contributed by atoms with Gasteiger partial charge in [0.1, 0.15) is 17.8 Å². The summed E-state index contributed by atoms with van der Waals surface area (Å²) >= 11 is 1.57. The molecule has 3 atom stereocenters. The van der Waals surface area contributed by atoms with E-state index in [2.05, 4.69) is 10.6 Å². The Balaban J connectivity index is 2.95. The van der Waals surface area contributed by atoms with Crippen LogP contribution in [0.5, 0.6) is 5.75 Å². The van der Waals surface area contributed by atoms with Crippen molar-refractivity contribution in [2.45, 2.75) is 51.2 Å². The summed E-state index contributed by atoms with van der Waals surface area (Å²) in [5.41, 5.74) is 6.60. The van der Waals surface area contributed by atoms with Crippen LogP contribution >= 0.6 is 11.8 Å². The average Bonchev–Trinajstić information content (AvgIpc) is 2.65. The molecule has 2 amide bonds. The fourth-order valence-electron chi connectivity index (χ4n) is 2.70. The first-order valence-electron chi connectivity index (χ1n) is 9.50. The van der Waals surface area contributed by atoms with Gasteiger partial charge in [-0.05, 0) is 48.5 Å². The predicted octanol–water partition coefficient (Wildman–Crippen LogP) is 1.12. The van der Waals surface area contributed by atoms with Crippen molar-refractivity contribution in [3.63, 3.8) is 0 Å². The van der Waals surface area contributed by atoms with Gasteiger partial charge in [-0.3, -0.25) is 9.59 Å². The zero-order valence-corrected chi connectivity index (χ0v) is 17.9. The molecule has 162 valence electrons. The highest BCUT2D eigenvalue weighted by molar-refractivity contribution is 7.98. The van der Waals surface area contributed by atoms with E-state index >= 15 is 0 Å². The summed E-state index contributed by atoms with van der Waals surface area (Å²) in [6.07, 6.45) is 2.79. The SMILES string of the molecule is CSCC[C@H](N)C(=O)N[C@@H](Cc1ccc(O)cc1)C(=O)N[C@@H](CC(C)C)C(=O)O. The number of nitrogens with one attached hydrogen (secondary N) is 2. The van der Waals surface area contributed by atoms with Crippen molar-refractivity contribution in [3.05, 3.63) is 29.8 Å². The Morgan fingerprint density at radius 2 is 1.66 bits per heavy atom. The number of carbonyl (C=O) groups is 3. The fourth-order valence-corrected chi connectivity index (χ4v) is 3.19. The molecule has 0 fully saturated rings. The smallest absolute Gasteiger partial charge is 0.326 e. The first-order valence-corrected chi connectivity index (χ1v) is 10.9. The molecule has 29 heavy (non-hydrogen) atoms. The number of thioether (sulfide) groups is 1. The minimum Gasteiger partial charge on any atom is -0.508 e. The van der Waals surface area contributed by atoms with E-state index in [9.17, 15) is 24.6 Å². The molecule has 0 aliphatic carbocycles. The molecule has 0 radical (unpaired) electrons. The second kappa shape index (κ2) is 12.3. The molecule has 0 unspecified atom stereocenters. The van der Waals surface area contributed by atoms with Crippen molar-refractivity contribution in [3.8, 4) is 5.75 Å². The molecule has 0 heterocycles. The minimum absolute atomic E-state index is 0.0708. The lowest BCUT2D eigenvalue weighted by molar-refractivity contribution is -0.142.